The highest BCUT2D eigenvalue weighted by Gasteiger charge is 2.30. The molecule has 0 spiro atoms. The maximum Gasteiger partial charge on any atom is 0.0357 e. The Hall–Kier alpha value is 0.110. The molecule has 0 bridgehead atoms. The van der Waals surface area contributed by atoms with Crippen molar-refractivity contribution in [2.75, 3.05) is 18.6 Å². The zero-order chi connectivity index (χ0) is 9.84. The molecule has 0 aromatic rings. The SMILES string of the molecule is CC(C)C1CC(NCCS(C)=O)C1. The highest BCUT2D eigenvalue weighted by molar-refractivity contribution is 7.84. The Morgan fingerprint density at radius 2 is 2.08 bits per heavy atom. The Labute approximate surface area is 83.9 Å². The molecule has 78 valence electrons. The molecule has 0 aromatic heterocycles. The molecule has 13 heavy (non-hydrogen) atoms. The van der Waals surface area contributed by atoms with Crippen LogP contribution < -0.4 is 5.32 Å². The zero-order valence-corrected chi connectivity index (χ0v) is 9.69. The van der Waals surface area contributed by atoms with E-state index in [2.05, 4.69) is 19.2 Å². The molecule has 3 heteroatoms. The first kappa shape index (κ1) is 11.2. The summed E-state index contributed by atoms with van der Waals surface area (Å²) >= 11 is 0. The number of hydrogen-bond acceptors (Lipinski definition) is 2. The van der Waals surface area contributed by atoms with Gasteiger partial charge in [0.1, 0.15) is 0 Å². The van der Waals surface area contributed by atoms with Crippen molar-refractivity contribution in [1.29, 1.82) is 0 Å². The number of nitrogens with one attached hydrogen (secondary N) is 1. The largest absolute Gasteiger partial charge is 0.313 e. The van der Waals surface area contributed by atoms with Gasteiger partial charge in [-0.15, -0.1) is 0 Å². The summed E-state index contributed by atoms with van der Waals surface area (Å²) in [6.07, 6.45) is 4.39. The van der Waals surface area contributed by atoms with Gasteiger partial charge in [0.05, 0.1) is 0 Å². The van der Waals surface area contributed by atoms with Crippen LogP contribution in [0.3, 0.4) is 0 Å². The van der Waals surface area contributed by atoms with Gasteiger partial charge in [0.15, 0.2) is 0 Å². The lowest BCUT2D eigenvalue weighted by molar-refractivity contribution is 0.171. The summed E-state index contributed by atoms with van der Waals surface area (Å²) in [5.41, 5.74) is 0. The Balaban J connectivity index is 1.99. The van der Waals surface area contributed by atoms with Crippen molar-refractivity contribution in [3.63, 3.8) is 0 Å². The third-order valence-electron chi connectivity index (χ3n) is 2.94. The second-order valence-electron chi connectivity index (χ2n) is 4.40. The summed E-state index contributed by atoms with van der Waals surface area (Å²) in [6, 6.07) is 0.705. The average molecular weight is 203 g/mol. The fraction of sp³-hybridized carbons (Fsp3) is 1.00. The number of hydrogen-bond donors (Lipinski definition) is 1. The molecule has 0 heterocycles. The summed E-state index contributed by atoms with van der Waals surface area (Å²) < 4.78 is 10.8. The molecule has 1 fully saturated rings. The summed E-state index contributed by atoms with van der Waals surface area (Å²) in [5, 5.41) is 3.44. The maximum atomic E-state index is 10.8. The van der Waals surface area contributed by atoms with Crippen LogP contribution in [-0.2, 0) is 10.8 Å². The molecule has 0 saturated heterocycles. The molecule has 2 nitrogen and oxygen atoms in total. The van der Waals surface area contributed by atoms with E-state index in [1.165, 1.54) is 12.8 Å². The van der Waals surface area contributed by atoms with E-state index in [4.69, 9.17) is 0 Å². The van der Waals surface area contributed by atoms with Gasteiger partial charge in [-0.05, 0) is 24.7 Å². The van der Waals surface area contributed by atoms with Crippen LogP contribution >= 0.6 is 0 Å². The van der Waals surface area contributed by atoms with Crippen molar-refractivity contribution in [3.8, 4) is 0 Å². The predicted octanol–water partition coefficient (Wildman–Crippen LogP) is 1.39. The van der Waals surface area contributed by atoms with Gasteiger partial charge in [0.25, 0.3) is 0 Å². The molecule has 0 radical (unpaired) electrons. The summed E-state index contributed by atoms with van der Waals surface area (Å²) in [4.78, 5) is 0. The second-order valence-corrected chi connectivity index (χ2v) is 5.96. The van der Waals surface area contributed by atoms with Crippen LogP contribution in [0.15, 0.2) is 0 Å². The predicted molar refractivity (Wildman–Crippen MR) is 58.3 cm³/mol. The van der Waals surface area contributed by atoms with E-state index < -0.39 is 10.8 Å². The molecule has 0 amide bonds. The van der Waals surface area contributed by atoms with Crippen LogP contribution in [0, 0.1) is 11.8 Å². The third-order valence-corrected chi connectivity index (χ3v) is 3.72. The Morgan fingerprint density at radius 1 is 1.46 bits per heavy atom. The smallest absolute Gasteiger partial charge is 0.0357 e. The first-order valence-corrected chi connectivity index (χ1v) is 6.85. The summed E-state index contributed by atoms with van der Waals surface area (Å²) in [6.45, 7) is 5.50. The lowest BCUT2D eigenvalue weighted by atomic mass is 9.74. The summed E-state index contributed by atoms with van der Waals surface area (Å²) in [5.74, 6) is 2.55. The topological polar surface area (TPSA) is 29.1 Å². The molecule has 1 atom stereocenters. The van der Waals surface area contributed by atoms with Gasteiger partial charge < -0.3 is 5.32 Å². The highest BCUT2D eigenvalue weighted by Crippen LogP contribution is 2.33. The van der Waals surface area contributed by atoms with Crippen molar-refractivity contribution in [2.24, 2.45) is 11.8 Å². The third kappa shape index (κ3) is 3.77. The van der Waals surface area contributed by atoms with Crippen molar-refractivity contribution in [1.82, 2.24) is 5.32 Å². The van der Waals surface area contributed by atoms with E-state index in [1.54, 1.807) is 6.26 Å². The van der Waals surface area contributed by atoms with Crippen molar-refractivity contribution in [2.45, 2.75) is 32.7 Å². The molecular formula is C10H21NOS. The van der Waals surface area contributed by atoms with Gasteiger partial charge in [-0.2, -0.15) is 0 Å². The fourth-order valence-electron chi connectivity index (χ4n) is 1.78. The molecule has 0 aliphatic heterocycles. The Bertz CT molecular complexity index is 176. The van der Waals surface area contributed by atoms with Gasteiger partial charge in [-0.25, -0.2) is 0 Å². The zero-order valence-electron chi connectivity index (χ0n) is 8.88. The molecule has 1 saturated carbocycles. The van der Waals surface area contributed by atoms with Crippen molar-refractivity contribution < 1.29 is 4.21 Å². The van der Waals surface area contributed by atoms with E-state index in [0.29, 0.717) is 6.04 Å². The molecule has 1 N–H and O–H groups in total. The lowest BCUT2D eigenvalue weighted by Crippen LogP contribution is -2.44. The second kappa shape index (κ2) is 5.11. The maximum absolute atomic E-state index is 10.8. The molecule has 0 aromatic carbocycles. The summed E-state index contributed by atoms with van der Waals surface area (Å²) in [7, 11) is -0.640. The van der Waals surface area contributed by atoms with E-state index in [-0.39, 0.29) is 0 Å². The van der Waals surface area contributed by atoms with E-state index in [9.17, 15) is 4.21 Å². The van der Waals surface area contributed by atoms with E-state index in [1.807, 2.05) is 0 Å². The minimum atomic E-state index is -0.640. The van der Waals surface area contributed by atoms with Gasteiger partial charge in [0.2, 0.25) is 0 Å². The van der Waals surface area contributed by atoms with Crippen LogP contribution in [-0.4, -0.2) is 28.8 Å². The average Bonchev–Trinajstić information content (AvgIpc) is 1.92. The van der Waals surface area contributed by atoms with Crippen LogP contribution in [0.1, 0.15) is 26.7 Å². The van der Waals surface area contributed by atoms with Crippen LogP contribution in [0.2, 0.25) is 0 Å². The molecular weight excluding hydrogens is 182 g/mol. The Kier molecular flexibility index (Phi) is 4.39. The van der Waals surface area contributed by atoms with Gasteiger partial charge in [-0.1, -0.05) is 13.8 Å². The molecule has 1 aliphatic carbocycles. The Morgan fingerprint density at radius 3 is 2.54 bits per heavy atom. The van der Waals surface area contributed by atoms with Gasteiger partial charge >= 0.3 is 0 Å². The fourth-order valence-corrected chi connectivity index (χ4v) is 2.18. The van der Waals surface area contributed by atoms with Crippen molar-refractivity contribution in [3.05, 3.63) is 0 Å². The van der Waals surface area contributed by atoms with E-state index in [0.717, 1.165) is 24.1 Å². The van der Waals surface area contributed by atoms with Gasteiger partial charge in [-0.3, -0.25) is 4.21 Å². The van der Waals surface area contributed by atoms with Crippen LogP contribution in [0.5, 0.6) is 0 Å². The standard InChI is InChI=1S/C10H21NOS/c1-8(2)9-6-10(7-9)11-4-5-13(3)12/h8-11H,4-7H2,1-3H3. The minimum absolute atomic E-state index is 0.640. The molecule has 1 unspecified atom stereocenters. The molecule has 1 aliphatic rings. The van der Waals surface area contributed by atoms with Gasteiger partial charge in [0, 0.05) is 35.4 Å². The van der Waals surface area contributed by atoms with E-state index >= 15 is 0 Å². The van der Waals surface area contributed by atoms with Crippen LogP contribution in [0.25, 0.3) is 0 Å². The lowest BCUT2D eigenvalue weighted by Gasteiger charge is -2.38. The number of rotatable bonds is 5. The quantitative estimate of drug-likeness (QED) is 0.731. The van der Waals surface area contributed by atoms with Crippen LogP contribution in [0.4, 0.5) is 0 Å². The monoisotopic (exact) mass is 203 g/mol. The highest BCUT2D eigenvalue weighted by atomic mass is 32.2. The first-order valence-electron chi connectivity index (χ1n) is 5.13. The normalized spacial score (nSPS) is 30.2. The van der Waals surface area contributed by atoms with Crippen molar-refractivity contribution >= 4 is 10.8 Å². The first-order chi connectivity index (χ1) is 6.09. The minimum Gasteiger partial charge on any atom is -0.313 e. The molecule has 1 rings (SSSR count).